The number of carbonyl (C=O) groups is 1. The van der Waals surface area contributed by atoms with E-state index in [1.165, 1.54) is 0 Å². The Balaban J connectivity index is 1.46. The second-order valence-electron chi connectivity index (χ2n) is 9.31. The average Bonchev–Trinajstić information content (AvgIpc) is 3.31. The fraction of sp³-hybridized carbons (Fsp3) is 0.250. The number of carbonyl (C=O) groups excluding carboxylic acids is 1. The van der Waals surface area contributed by atoms with Crippen molar-refractivity contribution in [3.63, 3.8) is 0 Å². The lowest BCUT2D eigenvalue weighted by Gasteiger charge is -2.37. The van der Waals surface area contributed by atoms with Crippen LogP contribution in [-0.4, -0.2) is 14.2 Å². The summed E-state index contributed by atoms with van der Waals surface area (Å²) in [5.41, 5.74) is 6.49. The zero-order chi connectivity index (χ0) is 24.0. The summed E-state index contributed by atoms with van der Waals surface area (Å²) in [5, 5.41) is 3.64. The van der Waals surface area contributed by atoms with Crippen molar-refractivity contribution >= 4 is 27.2 Å². The molecule has 0 saturated carbocycles. The number of rotatable bonds is 5. The highest BCUT2D eigenvalue weighted by Gasteiger charge is 2.38. The van der Waals surface area contributed by atoms with Gasteiger partial charge in [-0.25, -0.2) is 8.42 Å². The molecule has 0 saturated heterocycles. The second kappa shape index (κ2) is 8.44. The molecule has 0 radical (unpaired) electrons. The highest BCUT2D eigenvalue weighted by Crippen LogP contribution is 2.50. The number of fused-ring (bicyclic) bond motifs is 3. The third-order valence-corrected chi connectivity index (χ3v) is 8.46. The van der Waals surface area contributed by atoms with Crippen molar-refractivity contribution in [2.45, 2.75) is 44.0 Å². The SMILES string of the molecule is CC(=O)c1ccc([C@@H]2Nc3ccc(S(=O)(=O)Nc4ccc(C)c(C)c4)cc3C3C=CC[C@H]32)cc1. The van der Waals surface area contributed by atoms with Crippen LogP contribution in [0.1, 0.15) is 57.9 Å². The lowest BCUT2D eigenvalue weighted by molar-refractivity contribution is 0.101. The molecule has 0 bridgehead atoms. The number of ketones is 1. The summed E-state index contributed by atoms with van der Waals surface area (Å²) in [4.78, 5) is 11.9. The number of benzene rings is 3. The molecule has 2 aliphatic rings. The van der Waals surface area contributed by atoms with E-state index in [-0.39, 0.29) is 28.6 Å². The van der Waals surface area contributed by atoms with Crippen LogP contribution in [0.4, 0.5) is 11.4 Å². The molecule has 1 heterocycles. The van der Waals surface area contributed by atoms with Crippen molar-refractivity contribution in [3.05, 3.63) is 101 Å². The Labute approximate surface area is 201 Å². The number of hydrogen-bond acceptors (Lipinski definition) is 4. The monoisotopic (exact) mass is 472 g/mol. The molecule has 3 aromatic carbocycles. The lowest BCUT2D eigenvalue weighted by atomic mass is 9.77. The van der Waals surface area contributed by atoms with Crippen molar-refractivity contribution in [2.75, 3.05) is 10.0 Å². The number of nitrogens with one attached hydrogen (secondary N) is 2. The van der Waals surface area contributed by atoms with Crippen LogP contribution in [0.15, 0.2) is 77.7 Å². The van der Waals surface area contributed by atoms with Crippen LogP contribution in [-0.2, 0) is 10.0 Å². The lowest BCUT2D eigenvalue weighted by Crippen LogP contribution is -2.29. The van der Waals surface area contributed by atoms with Crippen molar-refractivity contribution in [3.8, 4) is 0 Å². The minimum atomic E-state index is -3.72. The molecular weight excluding hydrogens is 444 g/mol. The van der Waals surface area contributed by atoms with Gasteiger partial charge in [-0.1, -0.05) is 42.5 Å². The van der Waals surface area contributed by atoms with Crippen LogP contribution >= 0.6 is 0 Å². The maximum absolute atomic E-state index is 13.2. The molecule has 1 unspecified atom stereocenters. The van der Waals surface area contributed by atoms with E-state index in [1.54, 1.807) is 25.1 Å². The number of allylic oxidation sites excluding steroid dienone is 2. The van der Waals surface area contributed by atoms with E-state index >= 15 is 0 Å². The van der Waals surface area contributed by atoms with Crippen LogP contribution in [0.3, 0.4) is 0 Å². The number of sulfonamides is 1. The number of aryl methyl sites for hydroxylation is 2. The van der Waals surface area contributed by atoms with Gasteiger partial charge in [-0.15, -0.1) is 0 Å². The number of anilines is 2. The Hall–Kier alpha value is -3.38. The first-order valence-electron chi connectivity index (χ1n) is 11.5. The van der Waals surface area contributed by atoms with E-state index in [1.807, 2.05) is 56.3 Å². The summed E-state index contributed by atoms with van der Waals surface area (Å²) < 4.78 is 29.1. The van der Waals surface area contributed by atoms with Gasteiger partial charge in [0, 0.05) is 22.9 Å². The van der Waals surface area contributed by atoms with E-state index < -0.39 is 10.0 Å². The minimum Gasteiger partial charge on any atom is -0.378 e. The summed E-state index contributed by atoms with van der Waals surface area (Å²) in [5.74, 6) is 0.462. The molecule has 1 aliphatic heterocycles. The van der Waals surface area contributed by atoms with Gasteiger partial charge in [-0.05, 0) is 85.7 Å². The molecule has 6 heteroatoms. The van der Waals surface area contributed by atoms with E-state index in [9.17, 15) is 13.2 Å². The van der Waals surface area contributed by atoms with Gasteiger partial charge in [-0.3, -0.25) is 9.52 Å². The smallest absolute Gasteiger partial charge is 0.261 e. The molecule has 3 aromatic rings. The molecule has 0 spiro atoms. The molecule has 34 heavy (non-hydrogen) atoms. The Morgan fingerprint density at radius 3 is 2.44 bits per heavy atom. The van der Waals surface area contributed by atoms with Gasteiger partial charge >= 0.3 is 0 Å². The second-order valence-corrected chi connectivity index (χ2v) is 11.0. The van der Waals surface area contributed by atoms with Crippen molar-refractivity contribution in [1.29, 1.82) is 0 Å². The summed E-state index contributed by atoms with van der Waals surface area (Å²) in [7, 11) is -3.72. The van der Waals surface area contributed by atoms with Gasteiger partial charge in [0.25, 0.3) is 10.0 Å². The number of hydrogen-bond donors (Lipinski definition) is 2. The Morgan fingerprint density at radius 2 is 1.74 bits per heavy atom. The summed E-state index contributed by atoms with van der Waals surface area (Å²) in [6.45, 7) is 5.54. The predicted molar refractivity (Wildman–Crippen MR) is 136 cm³/mol. The Kier molecular flexibility index (Phi) is 5.56. The zero-order valence-corrected chi connectivity index (χ0v) is 20.3. The van der Waals surface area contributed by atoms with Gasteiger partial charge in [0.15, 0.2) is 5.78 Å². The Bertz CT molecular complexity index is 1410. The summed E-state index contributed by atoms with van der Waals surface area (Å²) in [6.07, 6.45) is 5.28. The van der Waals surface area contributed by atoms with Gasteiger partial charge < -0.3 is 5.32 Å². The van der Waals surface area contributed by atoms with Crippen LogP contribution < -0.4 is 10.0 Å². The maximum atomic E-state index is 13.2. The third-order valence-electron chi connectivity index (χ3n) is 7.08. The van der Waals surface area contributed by atoms with E-state index in [0.717, 1.165) is 34.4 Å². The molecule has 1 aliphatic carbocycles. The first-order chi connectivity index (χ1) is 16.2. The van der Waals surface area contributed by atoms with Crippen molar-refractivity contribution in [1.82, 2.24) is 0 Å². The van der Waals surface area contributed by atoms with Gasteiger partial charge in [-0.2, -0.15) is 0 Å². The van der Waals surface area contributed by atoms with Gasteiger partial charge in [0.1, 0.15) is 0 Å². The molecule has 0 fully saturated rings. The normalized spacial score (nSPS) is 20.9. The molecular formula is C28H28N2O3S. The summed E-state index contributed by atoms with van der Waals surface area (Å²) >= 11 is 0. The van der Waals surface area contributed by atoms with Crippen molar-refractivity contribution in [2.24, 2.45) is 5.92 Å². The predicted octanol–water partition coefficient (Wildman–Crippen LogP) is 6.13. The van der Waals surface area contributed by atoms with Crippen molar-refractivity contribution < 1.29 is 13.2 Å². The minimum absolute atomic E-state index is 0.0528. The fourth-order valence-electron chi connectivity index (χ4n) is 5.01. The standard InChI is InChI=1S/C28H28N2O3S/c1-17-7-12-22(15-18(17)2)30-34(32,33)23-13-14-27-26(16-23)24-5-4-6-25(24)28(29-27)21-10-8-20(9-11-21)19(3)31/h4-5,7-16,24-25,28-30H,6H2,1-3H3/t24?,25-,28+/m1/s1. The average molecular weight is 473 g/mol. The fourth-order valence-corrected chi connectivity index (χ4v) is 6.10. The first kappa shape index (κ1) is 22.4. The highest BCUT2D eigenvalue weighted by molar-refractivity contribution is 7.92. The molecule has 174 valence electrons. The van der Waals surface area contributed by atoms with Crippen LogP contribution in [0.25, 0.3) is 0 Å². The van der Waals surface area contributed by atoms with Gasteiger partial charge in [0.2, 0.25) is 0 Å². The van der Waals surface area contributed by atoms with Crippen LogP contribution in [0.5, 0.6) is 0 Å². The third kappa shape index (κ3) is 4.03. The molecule has 5 rings (SSSR count). The topological polar surface area (TPSA) is 75.3 Å². The molecule has 2 N–H and O–H groups in total. The van der Waals surface area contributed by atoms with E-state index in [4.69, 9.17) is 0 Å². The van der Waals surface area contributed by atoms with Crippen LogP contribution in [0.2, 0.25) is 0 Å². The first-order valence-corrected chi connectivity index (χ1v) is 13.0. The zero-order valence-electron chi connectivity index (χ0n) is 19.5. The van der Waals surface area contributed by atoms with E-state index in [2.05, 4.69) is 22.2 Å². The molecule has 0 aromatic heterocycles. The maximum Gasteiger partial charge on any atom is 0.261 e. The number of Topliss-reactive ketones (excluding diaryl/α,β-unsaturated/α-hetero) is 1. The van der Waals surface area contributed by atoms with Crippen LogP contribution in [0, 0.1) is 19.8 Å². The van der Waals surface area contributed by atoms with E-state index in [0.29, 0.717) is 11.3 Å². The summed E-state index contributed by atoms with van der Waals surface area (Å²) in [6, 6.07) is 18.7. The Morgan fingerprint density at radius 1 is 0.971 bits per heavy atom. The van der Waals surface area contributed by atoms with Gasteiger partial charge in [0.05, 0.1) is 10.9 Å². The highest BCUT2D eigenvalue weighted by atomic mass is 32.2. The largest absolute Gasteiger partial charge is 0.378 e. The molecule has 0 amide bonds. The molecule has 5 nitrogen and oxygen atoms in total. The molecule has 3 atom stereocenters. The quantitative estimate of drug-likeness (QED) is 0.346.